The van der Waals surface area contributed by atoms with Gasteiger partial charge in [0.15, 0.2) is 0 Å². The van der Waals surface area contributed by atoms with Gasteiger partial charge in [0.25, 0.3) is 0 Å². The number of pyridine rings is 1. The van der Waals surface area contributed by atoms with Crippen molar-refractivity contribution in [3.8, 4) is 0 Å². The molecule has 12 nitrogen and oxygen atoms in total. The molecule has 0 radical (unpaired) electrons. The summed E-state index contributed by atoms with van der Waals surface area (Å²) < 4.78 is 37.5. The maximum absolute atomic E-state index is 11.8. The SMILES string of the molecule is O=C(O)CCOCCOCCOCCOCCOCCOCCOCCNC(=O)CCSSc1ccccn1. The van der Waals surface area contributed by atoms with Crippen LogP contribution in [-0.4, -0.2) is 127 Å². The summed E-state index contributed by atoms with van der Waals surface area (Å²) in [5, 5.41) is 12.2. The van der Waals surface area contributed by atoms with E-state index in [2.05, 4.69) is 10.3 Å². The van der Waals surface area contributed by atoms with E-state index in [0.29, 0.717) is 98.9 Å². The highest BCUT2D eigenvalue weighted by atomic mass is 33.1. The van der Waals surface area contributed by atoms with Gasteiger partial charge in [0, 0.05) is 24.9 Å². The van der Waals surface area contributed by atoms with Crippen molar-refractivity contribution in [3.63, 3.8) is 0 Å². The molecule has 0 atom stereocenters. The van der Waals surface area contributed by atoms with Crippen molar-refractivity contribution < 1.29 is 47.9 Å². The highest BCUT2D eigenvalue weighted by Gasteiger charge is 2.02. The van der Waals surface area contributed by atoms with Crippen LogP contribution in [0, 0.1) is 0 Å². The molecule has 0 aliphatic heterocycles. The lowest BCUT2D eigenvalue weighted by Crippen LogP contribution is -2.27. The van der Waals surface area contributed by atoms with Gasteiger partial charge in [0.1, 0.15) is 5.03 Å². The van der Waals surface area contributed by atoms with Crippen LogP contribution in [0.1, 0.15) is 12.8 Å². The number of hydrogen-bond acceptors (Lipinski definition) is 12. The number of carboxylic acids is 1. The molecule has 0 aromatic carbocycles. The van der Waals surface area contributed by atoms with Crippen molar-refractivity contribution >= 4 is 33.5 Å². The Morgan fingerprint density at radius 3 is 1.64 bits per heavy atom. The molecule has 0 aliphatic rings. The topological polar surface area (TPSA) is 144 Å². The van der Waals surface area contributed by atoms with Crippen LogP contribution < -0.4 is 5.32 Å². The summed E-state index contributed by atoms with van der Waals surface area (Å²) in [6, 6.07) is 5.76. The highest BCUT2D eigenvalue weighted by Crippen LogP contribution is 2.29. The van der Waals surface area contributed by atoms with Crippen LogP contribution in [0.2, 0.25) is 0 Å². The van der Waals surface area contributed by atoms with Gasteiger partial charge in [0.05, 0.1) is 98.9 Å². The van der Waals surface area contributed by atoms with E-state index in [0.717, 1.165) is 10.8 Å². The Kier molecular flexibility index (Phi) is 25.6. The van der Waals surface area contributed by atoms with E-state index in [4.69, 9.17) is 38.3 Å². The van der Waals surface area contributed by atoms with Crippen LogP contribution in [0.3, 0.4) is 0 Å². The summed E-state index contributed by atoms with van der Waals surface area (Å²) in [6.45, 7) is 6.55. The van der Waals surface area contributed by atoms with Gasteiger partial charge in [-0.2, -0.15) is 0 Å². The van der Waals surface area contributed by atoms with Crippen LogP contribution >= 0.6 is 21.6 Å². The second-order valence-corrected chi connectivity index (χ2v) is 10.0. The Hall–Kier alpha value is -1.49. The second-order valence-electron chi connectivity index (χ2n) is 7.60. The Morgan fingerprint density at radius 2 is 1.18 bits per heavy atom. The largest absolute Gasteiger partial charge is 0.481 e. The minimum atomic E-state index is -0.876. The number of nitrogens with zero attached hydrogens (tertiary/aromatic N) is 1. The molecule has 14 heteroatoms. The van der Waals surface area contributed by atoms with Crippen molar-refractivity contribution in [2.24, 2.45) is 0 Å². The summed E-state index contributed by atoms with van der Waals surface area (Å²) in [5.41, 5.74) is 0. The first kappa shape index (κ1) is 35.5. The summed E-state index contributed by atoms with van der Waals surface area (Å²) in [7, 11) is 3.18. The Labute approximate surface area is 238 Å². The van der Waals surface area contributed by atoms with E-state index >= 15 is 0 Å². The van der Waals surface area contributed by atoms with Crippen molar-refractivity contribution in [3.05, 3.63) is 24.4 Å². The summed E-state index contributed by atoms with van der Waals surface area (Å²) in [6.07, 6.45) is 2.21. The molecule has 0 aliphatic carbocycles. The van der Waals surface area contributed by atoms with Crippen LogP contribution in [0.25, 0.3) is 0 Å². The van der Waals surface area contributed by atoms with Crippen LogP contribution in [-0.2, 0) is 42.7 Å². The third kappa shape index (κ3) is 26.5. The van der Waals surface area contributed by atoms with Gasteiger partial charge in [-0.25, -0.2) is 4.98 Å². The molecule has 0 fully saturated rings. The number of ether oxygens (including phenoxy) is 7. The average Bonchev–Trinajstić information content (AvgIpc) is 2.94. The fourth-order valence-electron chi connectivity index (χ4n) is 2.56. The normalized spacial score (nSPS) is 11.1. The Bertz CT molecular complexity index is 707. The summed E-state index contributed by atoms with van der Waals surface area (Å²) >= 11 is 0. The van der Waals surface area contributed by atoms with Gasteiger partial charge in [-0.15, -0.1) is 0 Å². The number of amides is 1. The summed E-state index contributed by atoms with van der Waals surface area (Å²) in [4.78, 5) is 26.3. The monoisotopic (exact) mass is 594 g/mol. The maximum atomic E-state index is 11.8. The van der Waals surface area contributed by atoms with Gasteiger partial charge in [-0.1, -0.05) is 16.9 Å². The number of carboxylic acid groups (broad SMARTS) is 1. The Balaban J connectivity index is 1.68. The number of aliphatic carboxylic acids is 1. The molecule has 2 N–H and O–H groups in total. The standard InChI is InChI=1S/C25H42N2O10S2/c28-23(5-22-38-39-24-3-1-2-6-27-24)26-7-9-32-11-13-34-15-17-36-19-21-37-20-18-35-16-14-33-12-10-31-8-4-25(29)30/h1-3,6H,4-5,7-22H2,(H,26,28)(H,29,30). The molecular weight excluding hydrogens is 552 g/mol. The minimum absolute atomic E-state index is 0.00340. The molecular formula is C25H42N2O10S2. The molecule has 0 saturated carbocycles. The predicted molar refractivity (Wildman–Crippen MR) is 148 cm³/mol. The Morgan fingerprint density at radius 1 is 0.692 bits per heavy atom. The lowest BCUT2D eigenvalue weighted by atomic mass is 10.4. The number of carbonyl (C=O) groups is 2. The van der Waals surface area contributed by atoms with Crippen LogP contribution in [0.4, 0.5) is 0 Å². The third-order valence-corrected chi connectivity index (χ3v) is 6.72. The molecule has 224 valence electrons. The zero-order chi connectivity index (χ0) is 28.1. The average molecular weight is 595 g/mol. The zero-order valence-electron chi connectivity index (χ0n) is 22.4. The zero-order valence-corrected chi connectivity index (χ0v) is 24.1. The molecule has 1 aromatic rings. The van der Waals surface area contributed by atoms with E-state index < -0.39 is 5.97 Å². The number of hydrogen-bond donors (Lipinski definition) is 2. The lowest BCUT2D eigenvalue weighted by Gasteiger charge is -2.09. The van der Waals surface area contributed by atoms with E-state index in [9.17, 15) is 9.59 Å². The molecule has 0 bridgehead atoms. The first-order chi connectivity index (χ1) is 19.2. The molecule has 0 unspecified atom stereocenters. The second kappa shape index (κ2) is 28.1. The van der Waals surface area contributed by atoms with Crippen molar-refractivity contribution in [1.29, 1.82) is 0 Å². The number of carbonyl (C=O) groups excluding carboxylic acids is 1. The maximum Gasteiger partial charge on any atom is 0.305 e. The molecule has 0 saturated heterocycles. The van der Waals surface area contributed by atoms with Gasteiger partial charge >= 0.3 is 5.97 Å². The van der Waals surface area contributed by atoms with Crippen LogP contribution in [0.5, 0.6) is 0 Å². The molecule has 39 heavy (non-hydrogen) atoms. The fraction of sp³-hybridized carbons (Fsp3) is 0.720. The van der Waals surface area contributed by atoms with Gasteiger partial charge < -0.3 is 43.6 Å². The number of aromatic nitrogens is 1. The summed E-state index contributed by atoms with van der Waals surface area (Å²) in [5.74, 6) is -0.143. The molecule has 1 rings (SSSR count). The van der Waals surface area contributed by atoms with Crippen molar-refractivity contribution in [2.45, 2.75) is 17.9 Å². The van der Waals surface area contributed by atoms with Gasteiger partial charge in [-0.3, -0.25) is 9.59 Å². The first-order valence-electron chi connectivity index (χ1n) is 12.9. The highest BCUT2D eigenvalue weighted by molar-refractivity contribution is 8.76. The third-order valence-electron chi connectivity index (χ3n) is 4.46. The predicted octanol–water partition coefficient (Wildman–Crippen LogP) is 1.92. The van der Waals surface area contributed by atoms with E-state index in [1.165, 1.54) is 0 Å². The number of rotatable bonds is 29. The molecule has 1 amide bonds. The van der Waals surface area contributed by atoms with Crippen LogP contribution in [0.15, 0.2) is 29.4 Å². The molecule has 0 spiro atoms. The van der Waals surface area contributed by atoms with E-state index in [1.807, 2.05) is 18.2 Å². The smallest absolute Gasteiger partial charge is 0.305 e. The van der Waals surface area contributed by atoms with E-state index in [1.54, 1.807) is 27.8 Å². The van der Waals surface area contributed by atoms with E-state index in [-0.39, 0.29) is 18.9 Å². The minimum Gasteiger partial charge on any atom is -0.481 e. The quantitative estimate of drug-likeness (QED) is 0.103. The lowest BCUT2D eigenvalue weighted by molar-refractivity contribution is -0.138. The fourth-order valence-corrected chi connectivity index (χ4v) is 4.43. The first-order valence-corrected chi connectivity index (χ1v) is 15.2. The molecule has 1 heterocycles. The number of nitrogens with one attached hydrogen (secondary N) is 1. The van der Waals surface area contributed by atoms with Crippen molar-refractivity contribution in [1.82, 2.24) is 10.3 Å². The molecule has 1 aromatic heterocycles. The van der Waals surface area contributed by atoms with Gasteiger partial charge in [-0.05, 0) is 22.9 Å². The van der Waals surface area contributed by atoms with Crippen molar-refractivity contribution in [2.75, 3.05) is 105 Å². The van der Waals surface area contributed by atoms with Gasteiger partial charge in [0.2, 0.25) is 5.91 Å².